The molecule has 1 amide bonds. The molecule has 38 heavy (non-hydrogen) atoms. The normalized spacial score (nSPS) is 20.1. The van der Waals surface area contributed by atoms with Crippen LogP contribution in [0.2, 0.25) is 0 Å². The van der Waals surface area contributed by atoms with E-state index >= 15 is 0 Å². The van der Waals surface area contributed by atoms with E-state index in [0.29, 0.717) is 31.9 Å². The Kier molecular flexibility index (Phi) is 8.91. The van der Waals surface area contributed by atoms with E-state index in [1.165, 1.54) is 5.56 Å². The molecule has 2 aliphatic heterocycles. The maximum Gasteiger partial charge on any atom is 0.288 e. The Hall–Kier alpha value is -2.97. The third-order valence-electron chi connectivity index (χ3n) is 7.12. The number of benzene rings is 3. The number of piperazine rings is 1. The standard InChI is InChI=1S/C31H33BrN2O4/c32-28-12-10-26(11-13-28)27-18-29(38-30(19-27)37-22-25-8-6-24(21-35)7-9-25)31(36)34-16-14-33(15-17-34)20-23-4-2-1-3-5-23/h1-13,18,27,30,35H,14-17,19-22H2/t27-,30+/m1/s1. The number of hydrogen-bond acceptors (Lipinski definition) is 5. The van der Waals surface area contributed by atoms with Crippen LogP contribution in [0.1, 0.15) is 34.6 Å². The zero-order valence-corrected chi connectivity index (χ0v) is 22.9. The van der Waals surface area contributed by atoms with Crippen LogP contribution in [0.5, 0.6) is 0 Å². The molecule has 1 saturated heterocycles. The Morgan fingerprint density at radius 2 is 1.58 bits per heavy atom. The topological polar surface area (TPSA) is 62.2 Å². The van der Waals surface area contributed by atoms with Crippen molar-refractivity contribution in [1.29, 1.82) is 0 Å². The van der Waals surface area contributed by atoms with Crippen LogP contribution < -0.4 is 0 Å². The lowest BCUT2D eigenvalue weighted by atomic mass is 9.93. The van der Waals surface area contributed by atoms with Crippen molar-refractivity contribution in [3.8, 4) is 0 Å². The van der Waals surface area contributed by atoms with Gasteiger partial charge in [-0.1, -0.05) is 82.7 Å². The van der Waals surface area contributed by atoms with E-state index in [1.54, 1.807) is 0 Å². The van der Waals surface area contributed by atoms with Gasteiger partial charge in [0.05, 0.1) is 13.2 Å². The molecule has 0 saturated carbocycles. The minimum absolute atomic E-state index is 0.0111. The number of carbonyl (C=O) groups excluding carboxylic acids is 1. The molecule has 0 spiro atoms. The molecule has 0 unspecified atom stereocenters. The molecular weight excluding hydrogens is 544 g/mol. The first kappa shape index (κ1) is 26.6. The lowest BCUT2D eigenvalue weighted by Crippen LogP contribution is -2.49. The molecule has 2 heterocycles. The van der Waals surface area contributed by atoms with Gasteiger partial charge < -0.3 is 19.5 Å². The molecule has 198 valence electrons. The van der Waals surface area contributed by atoms with Gasteiger partial charge in [0.2, 0.25) is 6.29 Å². The van der Waals surface area contributed by atoms with E-state index in [-0.39, 0.29) is 18.4 Å². The maximum atomic E-state index is 13.6. The first-order chi connectivity index (χ1) is 18.6. The Balaban J connectivity index is 1.25. The van der Waals surface area contributed by atoms with Gasteiger partial charge in [-0.3, -0.25) is 9.69 Å². The minimum Gasteiger partial charge on any atom is -0.459 e. The van der Waals surface area contributed by atoms with Gasteiger partial charge in [-0.15, -0.1) is 0 Å². The zero-order valence-electron chi connectivity index (χ0n) is 21.3. The van der Waals surface area contributed by atoms with E-state index in [0.717, 1.165) is 40.8 Å². The summed E-state index contributed by atoms with van der Waals surface area (Å²) in [6.45, 7) is 4.25. The SMILES string of the molecule is O=C(C1=C[C@@H](c2ccc(Br)cc2)C[C@@H](OCc2ccc(CO)cc2)O1)N1CCN(Cc2ccccc2)CC1. The molecule has 3 aromatic rings. The van der Waals surface area contributed by atoms with Gasteiger partial charge in [0, 0.05) is 49.5 Å². The van der Waals surface area contributed by atoms with Crippen LogP contribution in [0, 0.1) is 0 Å². The number of nitrogens with zero attached hydrogens (tertiary/aromatic N) is 2. The first-order valence-electron chi connectivity index (χ1n) is 13.1. The predicted molar refractivity (Wildman–Crippen MR) is 150 cm³/mol. The van der Waals surface area contributed by atoms with Gasteiger partial charge in [-0.05, 0) is 40.5 Å². The second-order valence-electron chi connectivity index (χ2n) is 9.81. The molecule has 1 N–H and O–H groups in total. The second-order valence-corrected chi connectivity index (χ2v) is 10.7. The van der Waals surface area contributed by atoms with Gasteiger partial charge in [0.15, 0.2) is 5.76 Å². The van der Waals surface area contributed by atoms with E-state index < -0.39 is 6.29 Å². The second kappa shape index (κ2) is 12.7. The van der Waals surface area contributed by atoms with Gasteiger partial charge in [-0.25, -0.2) is 0 Å². The van der Waals surface area contributed by atoms with Crippen molar-refractivity contribution in [2.75, 3.05) is 26.2 Å². The molecule has 0 aromatic heterocycles. The molecule has 0 radical (unpaired) electrons. The number of aliphatic hydroxyl groups excluding tert-OH is 1. The smallest absolute Gasteiger partial charge is 0.288 e. The van der Waals surface area contributed by atoms with Crippen molar-refractivity contribution in [2.24, 2.45) is 0 Å². The number of halogens is 1. The highest BCUT2D eigenvalue weighted by molar-refractivity contribution is 9.10. The van der Waals surface area contributed by atoms with Gasteiger partial charge in [0.1, 0.15) is 0 Å². The monoisotopic (exact) mass is 576 g/mol. The molecule has 6 nitrogen and oxygen atoms in total. The fraction of sp³-hybridized carbons (Fsp3) is 0.323. The van der Waals surface area contributed by atoms with Crippen molar-refractivity contribution >= 4 is 21.8 Å². The average molecular weight is 578 g/mol. The number of allylic oxidation sites excluding steroid dienone is 1. The Morgan fingerprint density at radius 1 is 0.895 bits per heavy atom. The largest absolute Gasteiger partial charge is 0.459 e. The molecular formula is C31H33BrN2O4. The molecule has 1 fully saturated rings. The first-order valence-corrected chi connectivity index (χ1v) is 13.9. The Bertz CT molecular complexity index is 1220. The van der Waals surface area contributed by atoms with Crippen LogP contribution in [0.4, 0.5) is 0 Å². The molecule has 7 heteroatoms. The summed E-state index contributed by atoms with van der Waals surface area (Å²) in [7, 11) is 0. The summed E-state index contributed by atoms with van der Waals surface area (Å²) >= 11 is 3.51. The Labute approximate surface area is 232 Å². The van der Waals surface area contributed by atoms with Gasteiger partial charge >= 0.3 is 0 Å². The van der Waals surface area contributed by atoms with Crippen molar-refractivity contribution < 1.29 is 19.4 Å². The summed E-state index contributed by atoms with van der Waals surface area (Å²) in [6, 6.07) is 26.3. The number of ether oxygens (including phenoxy) is 2. The fourth-order valence-corrected chi connectivity index (χ4v) is 5.15. The predicted octanol–water partition coefficient (Wildman–Crippen LogP) is 5.22. The van der Waals surface area contributed by atoms with E-state index in [4.69, 9.17) is 9.47 Å². The lowest BCUT2D eigenvalue weighted by molar-refractivity contribution is -0.157. The summed E-state index contributed by atoms with van der Waals surface area (Å²) in [6.07, 6.45) is 2.04. The van der Waals surface area contributed by atoms with Crippen LogP contribution >= 0.6 is 15.9 Å². The van der Waals surface area contributed by atoms with Gasteiger partial charge in [0.25, 0.3) is 5.91 Å². The van der Waals surface area contributed by atoms with Crippen LogP contribution in [0.3, 0.4) is 0 Å². The molecule has 2 aliphatic rings. The van der Waals surface area contributed by atoms with Crippen LogP contribution in [0.15, 0.2) is 95.2 Å². The molecule has 0 bridgehead atoms. The maximum absolute atomic E-state index is 13.6. The number of amides is 1. The minimum atomic E-state index is -0.538. The van der Waals surface area contributed by atoms with Crippen molar-refractivity contribution in [2.45, 2.75) is 38.4 Å². The number of rotatable bonds is 8. The van der Waals surface area contributed by atoms with Crippen LogP contribution in [-0.2, 0) is 34.0 Å². The number of carbonyl (C=O) groups is 1. The van der Waals surface area contributed by atoms with E-state index in [9.17, 15) is 9.90 Å². The van der Waals surface area contributed by atoms with Crippen LogP contribution in [0.25, 0.3) is 0 Å². The average Bonchev–Trinajstić information content (AvgIpc) is 2.97. The number of hydrogen-bond donors (Lipinski definition) is 1. The quantitative estimate of drug-likeness (QED) is 0.398. The fourth-order valence-electron chi connectivity index (χ4n) is 4.89. The van der Waals surface area contributed by atoms with E-state index in [2.05, 4.69) is 57.2 Å². The summed E-state index contributed by atoms with van der Waals surface area (Å²) in [4.78, 5) is 17.8. The molecule has 5 rings (SSSR count). The van der Waals surface area contributed by atoms with Crippen LogP contribution in [-0.4, -0.2) is 53.3 Å². The van der Waals surface area contributed by atoms with Crippen molar-refractivity contribution in [1.82, 2.24) is 9.80 Å². The summed E-state index contributed by atoms with van der Waals surface area (Å²) in [5.41, 5.74) is 4.25. The highest BCUT2D eigenvalue weighted by atomic mass is 79.9. The number of aliphatic hydroxyl groups is 1. The lowest BCUT2D eigenvalue weighted by Gasteiger charge is -2.36. The summed E-state index contributed by atoms with van der Waals surface area (Å²) < 4.78 is 13.3. The van der Waals surface area contributed by atoms with E-state index in [1.807, 2.05) is 53.4 Å². The Morgan fingerprint density at radius 3 is 2.26 bits per heavy atom. The molecule has 2 atom stereocenters. The third kappa shape index (κ3) is 6.91. The highest BCUT2D eigenvalue weighted by Crippen LogP contribution is 2.33. The summed E-state index contributed by atoms with van der Waals surface area (Å²) in [5, 5.41) is 9.29. The van der Waals surface area contributed by atoms with Crippen molar-refractivity contribution in [3.05, 3.63) is 117 Å². The summed E-state index contributed by atoms with van der Waals surface area (Å²) in [5.74, 6) is 0.297. The zero-order chi connectivity index (χ0) is 26.3. The third-order valence-corrected chi connectivity index (χ3v) is 7.64. The van der Waals surface area contributed by atoms with Crippen molar-refractivity contribution in [3.63, 3.8) is 0 Å². The van der Waals surface area contributed by atoms with Gasteiger partial charge in [-0.2, -0.15) is 0 Å². The molecule has 3 aromatic carbocycles. The molecule has 0 aliphatic carbocycles. The highest BCUT2D eigenvalue weighted by Gasteiger charge is 2.32.